The normalized spacial score (nSPS) is 27.2. The molecule has 14 heavy (non-hydrogen) atoms. The van der Waals surface area contributed by atoms with Crippen LogP contribution in [-0.4, -0.2) is 26.3 Å². The van der Waals surface area contributed by atoms with Crippen molar-refractivity contribution < 1.29 is 4.74 Å². The van der Waals surface area contributed by atoms with E-state index in [0.717, 1.165) is 25.0 Å². The molecule has 2 heteroatoms. The average Bonchev–Trinajstić information content (AvgIpc) is 2.26. The van der Waals surface area contributed by atoms with Crippen molar-refractivity contribution in [3.8, 4) is 0 Å². The van der Waals surface area contributed by atoms with E-state index in [1.807, 2.05) is 0 Å². The van der Waals surface area contributed by atoms with Gasteiger partial charge in [-0.1, -0.05) is 20.3 Å². The van der Waals surface area contributed by atoms with E-state index in [1.54, 1.807) is 0 Å². The van der Waals surface area contributed by atoms with Crippen LogP contribution >= 0.6 is 0 Å². The molecular weight excluding hydrogens is 174 g/mol. The Balaban J connectivity index is 2.35. The number of nitrogens with one attached hydrogen (secondary N) is 1. The van der Waals surface area contributed by atoms with Crippen molar-refractivity contribution in [3.05, 3.63) is 0 Å². The van der Waals surface area contributed by atoms with Gasteiger partial charge in [0, 0.05) is 12.6 Å². The molecule has 1 heterocycles. The van der Waals surface area contributed by atoms with Crippen molar-refractivity contribution in [2.24, 2.45) is 11.8 Å². The maximum Gasteiger partial charge on any atom is 0.0509 e. The Labute approximate surface area is 88.4 Å². The van der Waals surface area contributed by atoms with Crippen molar-refractivity contribution in [3.63, 3.8) is 0 Å². The van der Waals surface area contributed by atoms with Crippen molar-refractivity contribution in [1.29, 1.82) is 0 Å². The molecule has 0 aromatic heterocycles. The fourth-order valence-electron chi connectivity index (χ4n) is 2.23. The van der Waals surface area contributed by atoms with Crippen molar-refractivity contribution >= 4 is 0 Å². The summed E-state index contributed by atoms with van der Waals surface area (Å²) in [6, 6.07) is 0.658. The zero-order valence-corrected chi connectivity index (χ0v) is 9.88. The molecule has 0 bridgehead atoms. The molecule has 1 saturated heterocycles. The lowest BCUT2D eigenvalue weighted by Crippen LogP contribution is -2.39. The van der Waals surface area contributed by atoms with Gasteiger partial charge in [0.1, 0.15) is 0 Å². The molecule has 1 aliphatic rings. The minimum atomic E-state index is 0.658. The Morgan fingerprint density at radius 3 is 2.79 bits per heavy atom. The lowest BCUT2D eigenvalue weighted by atomic mass is 9.87. The number of hydrogen-bond acceptors (Lipinski definition) is 2. The molecule has 84 valence electrons. The number of hydrogen-bond donors (Lipinski definition) is 1. The SMILES string of the molecule is CCC(C)CC(NC)C1CCCOC1. The van der Waals surface area contributed by atoms with Crippen LogP contribution in [-0.2, 0) is 4.74 Å². The Bertz CT molecular complexity index is 143. The summed E-state index contributed by atoms with van der Waals surface area (Å²) in [5, 5.41) is 3.46. The second kappa shape index (κ2) is 6.41. The van der Waals surface area contributed by atoms with E-state index in [-0.39, 0.29) is 0 Å². The molecule has 0 radical (unpaired) electrons. The maximum atomic E-state index is 5.54. The van der Waals surface area contributed by atoms with Crippen LogP contribution in [0.1, 0.15) is 39.5 Å². The van der Waals surface area contributed by atoms with Crippen LogP contribution < -0.4 is 5.32 Å². The molecule has 1 rings (SSSR count). The molecular formula is C12H25NO. The van der Waals surface area contributed by atoms with Crippen LogP contribution in [0.4, 0.5) is 0 Å². The van der Waals surface area contributed by atoms with Gasteiger partial charge in [0.15, 0.2) is 0 Å². The highest BCUT2D eigenvalue weighted by Gasteiger charge is 2.23. The third-order valence-corrected chi connectivity index (χ3v) is 3.49. The first-order valence-electron chi connectivity index (χ1n) is 6.03. The molecule has 3 atom stereocenters. The monoisotopic (exact) mass is 199 g/mol. The molecule has 0 aromatic rings. The summed E-state index contributed by atoms with van der Waals surface area (Å²) in [7, 11) is 2.08. The van der Waals surface area contributed by atoms with Gasteiger partial charge >= 0.3 is 0 Å². The minimum absolute atomic E-state index is 0.658. The summed E-state index contributed by atoms with van der Waals surface area (Å²) in [5.41, 5.74) is 0. The van der Waals surface area contributed by atoms with Gasteiger partial charge in [0.25, 0.3) is 0 Å². The molecule has 0 saturated carbocycles. The lowest BCUT2D eigenvalue weighted by Gasteiger charge is -2.31. The summed E-state index contributed by atoms with van der Waals surface area (Å²) in [6.07, 6.45) is 5.15. The van der Waals surface area contributed by atoms with Crippen LogP contribution in [0.25, 0.3) is 0 Å². The molecule has 0 amide bonds. The van der Waals surface area contributed by atoms with Gasteiger partial charge in [-0.05, 0) is 38.1 Å². The zero-order valence-electron chi connectivity index (χ0n) is 9.88. The molecule has 0 aromatic carbocycles. The third-order valence-electron chi connectivity index (χ3n) is 3.49. The quantitative estimate of drug-likeness (QED) is 0.734. The Morgan fingerprint density at radius 2 is 2.29 bits per heavy atom. The topological polar surface area (TPSA) is 21.3 Å². The Hall–Kier alpha value is -0.0800. The Kier molecular flexibility index (Phi) is 5.49. The smallest absolute Gasteiger partial charge is 0.0509 e. The van der Waals surface area contributed by atoms with Gasteiger partial charge in [-0.3, -0.25) is 0 Å². The van der Waals surface area contributed by atoms with E-state index in [9.17, 15) is 0 Å². The van der Waals surface area contributed by atoms with E-state index in [2.05, 4.69) is 26.2 Å². The van der Waals surface area contributed by atoms with E-state index < -0.39 is 0 Å². The van der Waals surface area contributed by atoms with E-state index in [1.165, 1.54) is 25.7 Å². The predicted molar refractivity (Wildman–Crippen MR) is 60.5 cm³/mol. The van der Waals surface area contributed by atoms with Crippen LogP contribution in [0.5, 0.6) is 0 Å². The van der Waals surface area contributed by atoms with Crippen molar-refractivity contribution in [1.82, 2.24) is 5.32 Å². The van der Waals surface area contributed by atoms with Crippen LogP contribution in [0.2, 0.25) is 0 Å². The second-order valence-corrected chi connectivity index (χ2v) is 4.62. The van der Waals surface area contributed by atoms with Gasteiger partial charge in [-0.15, -0.1) is 0 Å². The summed E-state index contributed by atoms with van der Waals surface area (Å²) in [5.74, 6) is 1.57. The van der Waals surface area contributed by atoms with E-state index >= 15 is 0 Å². The van der Waals surface area contributed by atoms with Crippen LogP contribution in [0, 0.1) is 11.8 Å². The third kappa shape index (κ3) is 3.58. The average molecular weight is 199 g/mol. The standard InChI is InChI=1S/C12H25NO/c1-4-10(2)8-12(13-3)11-6-5-7-14-9-11/h10-13H,4-9H2,1-3H3. The van der Waals surface area contributed by atoms with Gasteiger partial charge in [-0.2, -0.15) is 0 Å². The molecule has 1 N–H and O–H groups in total. The highest BCUT2D eigenvalue weighted by Crippen LogP contribution is 2.22. The lowest BCUT2D eigenvalue weighted by molar-refractivity contribution is 0.0368. The number of rotatable bonds is 5. The predicted octanol–water partition coefficient (Wildman–Crippen LogP) is 2.44. The highest BCUT2D eigenvalue weighted by atomic mass is 16.5. The summed E-state index contributed by atoms with van der Waals surface area (Å²) >= 11 is 0. The molecule has 2 nitrogen and oxygen atoms in total. The minimum Gasteiger partial charge on any atom is -0.381 e. The molecule has 3 unspecified atom stereocenters. The van der Waals surface area contributed by atoms with Gasteiger partial charge in [0.05, 0.1) is 6.61 Å². The van der Waals surface area contributed by atoms with Crippen molar-refractivity contribution in [2.75, 3.05) is 20.3 Å². The largest absolute Gasteiger partial charge is 0.381 e. The fraction of sp³-hybridized carbons (Fsp3) is 1.00. The molecule has 1 aliphatic heterocycles. The highest BCUT2D eigenvalue weighted by molar-refractivity contribution is 4.78. The molecule has 0 spiro atoms. The summed E-state index contributed by atoms with van der Waals surface area (Å²) < 4.78 is 5.54. The van der Waals surface area contributed by atoms with Gasteiger partial charge < -0.3 is 10.1 Å². The molecule has 1 fully saturated rings. The summed E-state index contributed by atoms with van der Waals surface area (Å²) in [4.78, 5) is 0. The van der Waals surface area contributed by atoms with Crippen LogP contribution in [0.15, 0.2) is 0 Å². The Morgan fingerprint density at radius 1 is 1.50 bits per heavy atom. The number of ether oxygens (including phenoxy) is 1. The zero-order chi connectivity index (χ0) is 10.4. The second-order valence-electron chi connectivity index (χ2n) is 4.62. The van der Waals surface area contributed by atoms with E-state index in [4.69, 9.17) is 4.74 Å². The maximum absolute atomic E-state index is 5.54. The van der Waals surface area contributed by atoms with Gasteiger partial charge in [0.2, 0.25) is 0 Å². The fourth-order valence-corrected chi connectivity index (χ4v) is 2.23. The first kappa shape index (κ1) is 12.0. The first-order chi connectivity index (χ1) is 6.77. The van der Waals surface area contributed by atoms with Crippen LogP contribution in [0.3, 0.4) is 0 Å². The molecule has 0 aliphatic carbocycles. The first-order valence-corrected chi connectivity index (χ1v) is 6.03. The van der Waals surface area contributed by atoms with E-state index in [0.29, 0.717) is 6.04 Å². The summed E-state index contributed by atoms with van der Waals surface area (Å²) in [6.45, 7) is 6.54. The van der Waals surface area contributed by atoms with Crippen molar-refractivity contribution in [2.45, 2.75) is 45.6 Å². The van der Waals surface area contributed by atoms with Gasteiger partial charge in [-0.25, -0.2) is 0 Å².